The van der Waals surface area contributed by atoms with E-state index in [1.165, 1.54) is 0 Å². The number of anilines is 1. The lowest BCUT2D eigenvalue weighted by atomic mass is 9.92. The van der Waals surface area contributed by atoms with Gasteiger partial charge in [-0.25, -0.2) is 4.79 Å². The van der Waals surface area contributed by atoms with Crippen LogP contribution in [0.5, 0.6) is 5.75 Å². The summed E-state index contributed by atoms with van der Waals surface area (Å²) in [4.78, 5) is 24.7. The van der Waals surface area contributed by atoms with Gasteiger partial charge in [0.15, 0.2) is 12.7 Å². The molecular formula is C24H28N2O4. The number of ether oxygens (including phenoxy) is 2. The quantitative estimate of drug-likeness (QED) is 0.637. The number of amides is 1. The Morgan fingerprint density at radius 3 is 2.03 bits per heavy atom. The second-order valence-electron chi connectivity index (χ2n) is 7.67. The van der Waals surface area contributed by atoms with Crippen LogP contribution in [0.15, 0.2) is 42.5 Å². The number of benzene rings is 2. The van der Waals surface area contributed by atoms with Crippen LogP contribution in [0.25, 0.3) is 0 Å². The average molecular weight is 408 g/mol. The number of nitriles is 1. The van der Waals surface area contributed by atoms with Gasteiger partial charge >= 0.3 is 5.97 Å². The first-order valence-corrected chi connectivity index (χ1v) is 9.99. The Hall–Kier alpha value is -3.33. The molecule has 6 nitrogen and oxygen atoms in total. The Balaban J connectivity index is 1.97. The molecular weight excluding hydrogens is 380 g/mol. The van der Waals surface area contributed by atoms with E-state index < -0.39 is 24.6 Å². The molecule has 0 aliphatic heterocycles. The number of carbonyl (C=O) groups is 2. The highest BCUT2D eigenvalue weighted by atomic mass is 16.6. The van der Waals surface area contributed by atoms with E-state index in [-0.39, 0.29) is 11.8 Å². The fraction of sp³-hybridized carbons (Fsp3) is 0.375. The molecule has 0 saturated heterocycles. The molecule has 2 aromatic carbocycles. The first-order valence-electron chi connectivity index (χ1n) is 9.99. The molecule has 1 amide bonds. The third-order valence-electron chi connectivity index (χ3n) is 4.61. The van der Waals surface area contributed by atoms with Crippen LogP contribution < -0.4 is 10.1 Å². The highest BCUT2D eigenvalue weighted by Crippen LogP contribution is 2.32. The van der Waals surface area contributed by atoms with Gasteiger partial charge in [0, 0.05) is 5.69 Å². The van der Waals surface area contributed by atoms with Crippen molar-refractivity contribution in [1.82, 2.24) is 0 Å². The monoisotopic (exact) mass is 408 g/mol. The highest BCUT2D eigenvalue weighted by Gasteiger charge is 2.20. The van der Waals surface area contributed by atoms with Crippen LogP contribution >= 0.6 is 0 Å². The SMILES string of the molecule is CC(C)c1cccc(C(C)C)c1NC(=O)COC(=O)[C@H](C)Oc1ccc(C#N)cc1. The maximum absolute atomic E-state index is 12.5. The van der Waals surface area contributed by atoms with Gasteiger partial charge in [0.05, 0.1) is 11.6 Å². The zero-order valence-corrected chi connectivity index (χ0v) is 18.1. The molecule has 1 N–H and O–H groups in total. The van der Waals surface area contributed by atoms with E-state index in [4.69, 9.17) is 14.7 Å². The van der Waals surface area contributed by atoms with Crippen molar-refractivity contribution >= 4 is 17.6 Å². The van der Waals surface area contributed by atoms with Crippen LogP contribution in [-0.2, 0) is 14.3 Å². The van der Waals surface area contributed by atoms with E-state index >= 15 is 0 Å². The lowest BCUT2D eigenvalue weighted by molar-refractivity contribution is -0.153. The molecule has 1 atom stereocenters. The van der Waals surface area contributed by atoms with Crippen molar-refractivity contribution in [2.45, 2.75) is 52.6 Å². The van der Waals surface area contributed by atoms with Crippen molar-refractivity contribution in [1.29, 1.82) is 5.26 Å². The van der Waals surface area contributed by atoms with E-state index in [0.29, 0.717) is 11.3 Å². The number of para-hydroxylation sites is 1. The minimum Gasteiger partial charge on any atom is -0.479 e. The molecule has 0 fully saturated rings. The fourth-order valence-corrected chi connectivity index (χ4v) is 2.99. The molecule has 0 aliphatic rings. The maximum Gasteiger partial charge on any atom is 0.347 e. The summed E-state index contributed by atoms with van der Waals surface area (Å²) in [5, 5.41) is 11.7. The molecule has 0 bridgehead atoms. The van der Waals surface area contributed by atoms with E-state index in [2.05, 4.69) is 33.0 Å². The summed E-state index contributed by atoms with van der Waals surface area (Å²) in [5.74, 6) is -0.125. The van der Waals surface area contributed by atoms with Crippen LogP contribution in [0.3, 0.4) is 0 Å². The van der Waals surface area contributed by atoms with Crippen LogP contribution in [0.1, 0.15) is 63.1 Å². The number of nitrogens with zero attached hydrogens (tertiary/aromatic N) is 1. The second kappa shape index (κ2) is 10.4. The minimum atomic E-state index is -0.889. The van der Waals surface area contributed by atoms with Gasteiger partial charge in [-0.2, -0.15) is 5.26 Å². The van der Waals surface area contributed by atoms with Gasteiger partial charge in [-0.3, -0.25) is 4.79 Å². The van der Waals surface area contributed by atoms with E-state index in [1.807, 2.05) is 24.3 Å². The maximum atomic E-state index is 12.5. The van der Waals surface area contributed by atoms with Gasteiger partial charge in [-0.1, -0.05) is 45.9 Å². The fourth-order valence-electron chi connectivity index (χ4n) is 2.99. The van der Waals surface area contributed by atoms with E-state index in [0.717, 1.165) is 16.8 Å². The highest BCUT2D eigenvalue weighted by molar-refractivity contribution is 5.94. The molecule has 158 valence electrons. The predicted molar refractivity (Wildman–Crippen MR) is 115 cm³/mol. The van der Waals surface area contributed by atoms with Crippen molar-refractivity contribution in [3.8, 4) is 11.8 Å². The van der Waals surface area contributed by atoms with Crippen LogP contribution in [0.2, 0.25) is 0 Å². The summed E-state index contributed by atoms with van der Waals surface area (Å²) in [6, 6.07) is 14.4. The number of nitrogens with one attached hydrogen (secondary N) is 1. The lowest BCUT2D eigenvalue weighted by Crippen LogP contribution is -2.30. The first kappa shape index (κ1) is 23.0. The normalized spacial score (nSPS) is 11.7. The molecule has 30 heavy (non-hydrogen) atoms. The number of rotatable bonds is 8. The molecule has 0 unspecified atom stereocenters. The lowest BCUT2D eigenvalue weighted by Gasteiger charge is -2.20. The summed E-state index contributed by atoms with van der Waals surface area (Å²) in [7, 11) is 0. The molecule has 0 heterocycles. The Labute approximate surface area is 177 Å². The molecule has 2 rings (SSSR count). The van der Waals surface area contributed by atoms with Crippen molar-refractivity contribution in [3.05, 3.63) is 59.2 Å². The molecule has 0 saturated carbocycles. The van der Waals surface area contributed by atoms with Gasteiger partial charge in [0.25, 0.3) is 5.91 Å². The van der Waals surface area contributed by atoms with Crippen LogP contribution in [0, 0.1) is 11.3 Å². The van der Waals surface area contributed by atoms with E-state index in [9.17, 15) is 9.59 Å². The van der Waals surface area contributed by atoms with Crippen molar-refractivity contribution in [2.24, 2.45) is 0 Å². The Bertz CT molecular complexity index is 901. The topological polar surface area (TPSA) is 88.4 Å². The third-order valence-corrected chi connectivity index (χ3v) is 4.61. The summed E-state index contributed by atoms with van der Waals surface area (Å²) in [6.45, 7) is 9.41. The molecule has 0 radical (unpaired) electrons. The van der Waals surface area contributed by atoms with Crippen molar-refractivity contribution < 1.29 is 19.1 Å². The minimum absolute atomic E-state index is 0.238. The molecule has 0 spiro atoms. The summed E-state index contributed by atoms with van der Waals surface area (Å²) in [6.07, 6.45) is -0.889. The zero-order valence-electron chi connectivity index (χ0n) is 18.1. The Kier molecular flexibility index (Phi) is 7.99. The standard InChI is InChI=1S/C24H28N2O4/c1-15(2)20-7-6-8-21(16(3)4)23(20)26-22(27)14-29-24(28)17(5)30-19-11-9-18(13-25)10-12-19/h6-12,15-17H,14H2,1-5H3,(H,26,27)/t17-/m0/s1. The summed E-state index contributed by atoms with van der Waals surface area (Å²) in [5.41, 5.74) is 3.36. The van der Waals surface area contributed by atoms with Gasteiger partial charge < -0.3 is 14.8 Å². The predicted octanol–water partition coefficient (Wildman–Crippen LogP) is 4.75. The van der Waals surface area contributed by atoms with Crippen LogP contribution in [0.4, 0.5) is 5.69 Å². The Morgan fingerprint density at radius 2 is 1.53 bits per heavy atom. The first-order chi connectivity index (χ1) is 14.2. The van der Waals surface area contributed by atoms with Gasteiger partial charge in [0.2, 0.25) is 0 Å². The van der Waals surface area contributed by atoms with Gasteiger partial charge in [-0.05, 0) is 54.2 Å². The number of esters is 1. The van der Waals surface area contributed by atoms with E-state index in [1.54, 1.807) is 31.2 Å². The smallest absolute Gasteiger partial charge is 0.347 e. The van der Waals surface area contributed by atoms with Crippen LogP contribution in [-0.4, -0.2) is 24.6 Å². The third kappa shape index (κ3) is 6.08. The van der Waals surface area contributed by atoms with Gasteiger partial charge in [-0.15, -0.1) is 0 Å². The summed E-state index contributed by atoms with van der Waals surface area (Å²) >= 11 is 0. The van der Waals surface area contributed by atoms with Crippen molar-refractivity contribution in [3.63, 3.8) is 0 Å². The van der Waals surface area contributed by atoms with Gasteiger partial charge in [0.1, 0.15) is 5.75 Å². The Morgan fingerprint density at radius 1 is 0.967 bits per heavy atom. The number of carbonyl (C=O) groups excluding carboxylic acids is 2. The average Bonchev–Trinajstić information content (AvgIpc) is 2.72. The molecule has 2 aromatic rings. The second-order valence-corrected chi connectivity index (χ2v) is 7.67. The number of hydrogen-bond acceptors (Lipinski definition) is 5. The molecule has 0 aliphatic carbocycles. The molecule has 6 heteroatoms. The molecule has 0 aromatic heterocycles. The van der Waals surface area contributed by atoms with Crippen molar-refractivity contribution in [2.75, 3.05) is 11.9 Å². The largest absolute Gasteiger partial charge is 0.479 e. The number of hydrogen-bond donors (Lipinski definition) is 1. The zero-order chi connectivity index (χ0) is 22.3. The summed E-state index contributed by atoms with van der Waals surface area (Å²) < 4.78 is 10.6.